The fourth-order valence-electron chi connectivity index (χ4n) is 2.57. The third-order valence-corrected chi connectivity index (χ3v) is 3.58. The van der Waals surface area contributed by atoms with Crippen molar-refractivity contribution in [3.8, 4) is 0 Å². The maximum Gasteiger partial charge on any atom is 0.325 e. The zero-order valence-electron chi connectivity index (χ0n) is 10.7. The molecule has 20 heavy (non-hydrogen) atoms. The maximum atomic E-state index is 12.1. The van der Waals surface area contributed by atoms with Crippen molar-refractivity contribution < 1.29 is 14.4 Å². The van der Waals surface area contributed by atoms with Gasteiger partial charge in [-0.3, -0.25) is 15.1 Å². The maximum absolute atomic E-state index is 12.1. The lowest BCUT2D eigenvalue weighted by Gasteiger charge is -2.45. The molecule has 2 saturated heterocycles. The molecule has 3 rings (SSSR count). The van der Waals surface area contributed by atoms with Gasteiger partial charge in [0.05, 0.1) is 6.04 Å². The normalized spacial score (nSPS) is 29.1. The SMILES string of the molecule is CN1C(=O)NC(=O)C2C(c3cccnc3)NC(=O)NC21. The van der Waals surface area contributed by atoms with Crippen LogP contribution in [-0.4, -0.2) is 41.1 Å². The van der Waals surface area contributed by atoms with Gasteiger partial charge in [-0.1, -0.05) is 6.07 Å². The van der Waals surface area contributed by atoms with Gasteiger partial charge in [0.1, 0.15) is 12.1 Å². The van der Waals surface area contributed by atoms with E-state index in [2.05, 4.69) is 20.9 Å². The summed E-state index contributed by atoms with van der Waals surface area (Å²) in [7, 11) is 1.53. The minimum atomic E-state index is -0.671. The van der Waals surface area contributed by atoms with Crippen LogP contribution in [0.1, 0.15) is 11.6 Å². The molecule has 1 aromatic heterocycles. The Morgan fingerprint density at radius 1 is 1.25 bits per heavy atom. The number of carbonyl (C=O) groups is 3. The first kappa shape index (κ1) is 12.4. The number of rotatable bonds is 1. The van der Waals surface area contributed by atoms with Crippen molar-refractivity contribution in [2.24, 2.45) is 5.92 Å². The van der Waals surface area contributed by atoms with Gasteiger partial charge in [0.25, 0.3) is 0 Å². The molecular weight excluding hydrogens is 262 g/mol. The smallest absolute Gasteiger partial charge is 0.325 e. The summed E-state index contributed by atoms with van der Waals surface area (Å²) in [5.74, 6) is -1.03. The zero-order chi connectivity index (χ0) is 14.3. The highest BCUT2D eigenvalue weighted by atomic mass is 16.2. The van der Waals surface area contributed by atoms with Crippen LogP contribution in [-0.2, 0) is 4.79 Å². The summed E-state index contributed by atoms with van der Waals surface area (Å²) >= 11 is 0. The van der Waals surface area contributed by atoms with E-state index in [1.165, 1.54) is 11.9 Å². The number of aromatic nitrogens is 1. The molecule has 3 atom stereocenters. The number of hydrogen-bond acceptors (Lipinski definition) is 4. The van der Waals surface area contributed by atoms with E-state index in [1.807, 2.05) is 0 Å². The summed E-state index contributed by atoms with van der Waals surface area (Å²) in [5, 5.41) is 7.59. The van der Waals surface area contributed by atoms with Gasteiger partial charge >= 0.3 is 12.1 Å². The summed E-state index contributed by atoms with van der Waals surface area (Å²) in [4.78, 5) is 40.8. The van der Waals surface area contributed by atoms with Crippen molar-refractivity contribution >= 4 is 18.0 Å². The second-order valence-electron chi connectivity index (χ2n) is 4.76. The van der Waals surface area contributed by atoms with Crippen molar-refractivity contribution in [1.29, 1.82) is 0 Å². The van der Waals surface area contributed by atoms with Gasteiger partial charge in [0.15, 0.2) is 0 Å². The van der Waals surface area contributed by atoms with E-state index in [1.54, 1.807) is 24.5 Å². The standard InChI is InChI=1S/C12H13N5O3/c1-17-9-7(10(18)16-12(17)20)8(14-11(19)15-9)6-3-2-4-13-5-6/h2-5,7-9H,1H3,(H2,14,15,19)(H,16,18,20). The second-order valence-corrected chi connectivity index (χ2v) is 4.76. The largest absolute Gasteiger partial charge is 0.330 e. The van der Waals surface area contributed by atoms with Gasteiger partial charge in [-0.2, -0.15) is 0 Å². The van der Waals surface area contributed by atoms with Gasteiger partial charge in [-0.15, -0.1) is 0 Å². The van der Waals surface area contributed by atoms with E-state index < -0.39 is 36.1 Å². The quantitative estimate of drug-likeness (QED) is 0.646. The number of imide groups is 1. The molecule has 3 heterocycles. The lowest BCUT2D eigenvalue weighted by atomic mass is 9.87. The molecule has 3 N–H and O–H groups in total. The molecule has 2 aliphatic rings. The van der Waals surface area contributed by atoms with Crippen molar-refractivity contribution in [3.63, 3.8) is 0 Å². The van der Waals surface area contributed by atoms with Crippen LogP contribution in [0.15, 0.2) is 24.5 Å². The van der Waals surface area contributed by atoms with Crippen LogP contribution in [0.25, 0.3) is 0 Å². The average Bonchev–Trinajstić information content (AvgIpc) is 2.45. The second kappa shape index (κ2) is 4.48. The van der Waals surface area contributed by atoms with Crippen LogP contribution in [0.3, 0.4) is 0 Å². The highest BCUT2D eigenvalue weighted by molar-refractivity contribution is 6.00. The Morgan fingerprint density at radius 3 is 2.75 bits per heavy atom. The van der Waals surface area contributed by atoms with Crippen LogP contribution < -0.4 is 16.0 Å². The number of nitrogens with one attached hydrogen (secondary N) is 3. The van der Waals surface area contributed by atoms with Gasteiger partial charge in [-0.25, -0.2) is 9.59 Å². The van der Waals surface area contributed by atoms with E-state index in [0.717, 1.165) is 5.56 Å². The highest BCUT2D eigenvalue weighted by Gasteiger charge is 2.48. The fourth-order valence-corrected chi connectivity index (χ4v) is 2.57. The molecule has 8 heteroatoms. The summed E-state index contributed by atoms with van der Waals surface area (Å²) in [6.07, 6.45) is 2.53. The molecule has 2 aliphatic heterocycles. The lowest BCUT2D eigenvalue weighted by molar-refractivity contribution is -0.130. The number of urea groups is 2. The predicted molar refractivity (Wildman–Crippen MR) is 67.2 cm³/mol. The Morgan fingerprint density at radius 2 is 2.05 bits per heavy atom. The molecule has 0 aliphatic carbocycles. The molecule has 0 radical (unpaired) electrons. The van der Waals surface area contributed by atoms with E-state index in [4.69, 9.17) is 0 Å². The molecule has 104 valence electrons. The molecule has 0 bridgehead atoms. The van der Waals surface area contributed by atoms with Crippen molar-refractivity contribution in [3.05, 3.63) is 30.1 Å². The van der Waals surface area contributed by atoms with Crippen molar-refractivity contribution in [2.45, 2.75) is 12.2 Å². The van der Waals surface area contributed by atoms with E-state index >= 15 is 0 Å². The molecule has 1 aromatic rings. The Kier molecular flexibility index (Phi) is 2.78. The van der Waals surface area contributed by atoms with Gasteiger partial charge in [-0.05, 0) is 11.6 Å². The fraction of sp³-hybridized carbons (Fsp3) is 0.333. The lowest BCUT2D eigenvalue weighted by Crippen LogP contribution is -2.71. The molecule has 8 nitrogen and oxygen atoms in total. The Hall–Kier alpha value is -2.64. The third-order valence-electron chi connectivity index (χ3n) is 3.58. The van der Waals surface area contributed by atoms with Crippen molar-refractivity contribution in [1.82, 2.24) is 25.8 Å². The van der Waals surface area contributed by atoms with E-state index in [-0.39, 0.29) is 0 Å². The molecule has 0 aromatic carbocycles. The zero-order valence-corrected chi connectivity index (χ0v) is 10.7. The first-order valence-corrected chi connectivity index (χ1v) is 6.12. The molecule has 0 saturated carbocycles. The molecular formula is C12H13N5O3. The Balaban J connectivity index is 2.00. The number of amides is 5. The monoisotopic (exact) mass is 275 g/mol. The first-order valence-electron chi connectivity index (χ1n) is 6.12. The Labute approximate surface area is 114 Å². The summed E-state index contributed by atoms with van der Waals surface area (Å²) < 4.78 is 0. The van der Waals surface area contributed by atoms with Crippen LogP contribution in [0.4, 0.5) is 9.59 Å². The van der Waals surface area contributed by atoms with E-state index in [9.17, 15) is 14.4 Å². The minimum absolute atomic E-state index is 0.417. The van der Waals surface area contributed by atoms with Crippen LogP contribution in [0.5, 0.6) is 0 Å². The summed E-state index contributed by atoms with van der Waals surface area (Å²) in [6.45, 7) is 0. The number of hydrogen-bond donors (Lipinski definition) is 3. The molecule has 0 spiro atoms. The van der Waals surface area contributed by atoms with Crippen LogP contribution in [0, 0.1) is 5.92 Å². The van der Waals surface area contributed by atoms with Crippen LogP contribution >= 0.6 is 0 Å². The Bertz CT molecular complexity index is 576. The van der Waals surface area contributed by atoms with Gasteiger partial charge in [0.2, 0.25) is 5.91 Å². The third kappa shape index (κ3) is 1.85. The van der Waals surface area contributed by atoms with Gasteiger partial charge in [0, 0.05) is 19.4 Å². The average molecular weight is 275 g/mol. The van der Waals surface area contributed by atoms with Crippen molar-refractivity contribution in [2.75, 3.05) is 7.05 Å². The van der Waals surface area contributed by atoms with E-state index in [0.29, 0.717) is 0 Å². The molecule has 5 amide bonds. The number of fused-ring (bicyclic) bond motifs is 1. The van der Waals surface area contributed by atoms with Crippen LogP contribution in [0.2, 0.25) is 0 Å². The minimum Gasteiger partial charge on any atom is -0.330 e. The topological polar surface area (TPSA) is 103 Å². The number of nitrogens with zero attached hydrogens (tertiary/aromatic N) is 2. The van der Waals surface area contributed by atoms with Gasteiger partial charge < -0.3 is 15.5 Å². The predicted octanol–water partition coefficient (Wildman–Crippen LogP) is -0.441. The molecule has 2 fully saturated rings. The highest BCUT2D eigenvalue weighted by Crippen LogP contribution is 2.30. The first-order chi connectivity index (χ1) is 9.58. The number of pyridine rings is 1. The number of carbonyl (C=O) groups excluding carboxylic acids is 3. The summed E-state index contributed by atoms with van der Waals surface area (Å²) in [5.41, 5.74) is 0.718. The summed E-state index contributed by atoms with van der Waals surface area (Å²) in [6, 6.07) is 2.04. The molecule has 3 unspecified atom stereocenters.